The number of benzene rings is 1. The summed E-state index contributed by atoms with van der Waals surface area (Å²) < 4.78 is 14.8. The first-order valence-electron chi connectivity index (χ1n) is 15.1. The Balaban J connectivity index is 3.78. The lowest BCUT2D eigenvalue weighted by Gasteiger charge is -2.30. The van der Waals surface area contributed by atoms with Gasteiger partial charge in [-0.15, -0.1) is 0 Å². The van der Waals surface area contributed by atoms with E-state index in [4.69, 9.17) is 25.7 Å². The predicted octanol–water partition coefficient (Wildman–Crippen LogP) is 1.90. The molecule has 0 unspecified atom stereocenters. The minimum Gasteiger partial charge on any atom is -0.480 e. The summed E-state index contributed by atoms with van der Waals surface area (Å²) in [6.45, 7) is 5.05. The number of ether oxygens (including phenoxy) is 3. The maximum Gasteiger partial charge on any atom is 0.418 e. The van der Waals surface area contributed by atoms with Crippen LogP contribution in [-0.2, 0) is 54.4 Å². The first-order valence-corrected chi connectivity index (χ1v) is 15.1. The second-order valence-electron chi connectivity index (χ2n) is 10.6. The number of aliphatic carboxylic acids is 2. The molecule has 47 heavy (non-hydrogen) atoms. The maximum absolute atomic E-state index is 13.6. The first-order chi connectivity index (χ1) is 22.1. The zero-order valence-electron chi connectivity index (χ0n) is 26.9. The largest absolute Gasteiger partial charge is 0.480 e. The summed E-state index contributed by atoms with van der Waals surface area (Å²) in [6, 6.07) is 3.55. The van der Waals surface area contributed by atoms with Gasteiger partial charge in [0.1, 0.15) is 6.61 Å². The number of unbranched alkanes of at least 4 members (excludes halogenated alkanes) is 1. The first kappa shape index (κ1) is 40.3. The molecule has 0 spiro atoms. The summed E-state index contributed by atoms with van der Waals surface area (Å²) in [5.41, 5.74) is 7.38. The Morgan fingerprint density at radius 1 is 0.766 bits per heavy atom. The van der Waals surface area contributed by atoms with E-state index in [1.54, 1.807) is 30.3 Å². The van der Waals surface area contributed by atoms with Gasteiger partial charge in [0.15, 0.2) is 10.8 Å². The number of nitrogens with two attached hydrogens (primary N) is 2. The molecule has 2 amide bonds. The van der Waals surface area contributed by atoms with E-state index in [0.717, 1.165) is 0 Å². The van der Waals surface area contributed by atoms with E-state index in [2.05, 4.69) is 0 Å². The molecule has 0 aliphatic heterocycles. The van der Waals surface area contributed by atoms with Gasteiger partial charge < -0.3 is 35.9 Å². The van der Waals surface area contributed by atoms with Gasteiger partial charge in [0.2, 0.25) is 11.9 Å². The second-order valence-corrected chi connectivity index (χ2v) is 10.6. The molecule has 0 aromatic heterocycles. The van der Waals surface area contributed by atoms with Gasteiger partial charge in [0.05, 0.1) is 6.04 Å². The van der Waals surface area contributed by atoms with Gasteiger partial charge in [0, 0.05) is 0 Å². The van der Waals surface area contributed by atoms with Crippen LogP contribution in [0.4, 0.5) is 4.79 Å². The van der Waals surface area contributed by atoms with Crippen molar-refractivity contribution in [2.45, 2.75) is 91.3 Å². The van der Waals surface area contributed by atoms with Crippen molar-refractivity contribution in [2.75, 3.05) is 6.54 Å². The average molecular weight is 666 g/mol. The predicted molar refractivity (Wildman–Crippen MR) is 162 cm³/mol. The summed E-state index contributed by atoms with van der Waals surface area (Å²) in [4.78, 5) is 104. The second kappa shape index (κ2) is 18.4. The summed E-state index contributed by atoms with van der Waals surface area (Å²) in [5, 5.41) is 19.5. The van der Waals surface area contributed by atoms with E-state index in [-0.39, 0.29) is 50.0 Å². The molecule has 0 heterocycles. The number of hydrogen-bond donors (Lipinski definition) is 4. The molecule has 260 valence electrons. The minimum absolute atomic E-state index is 0.0814. The summed E-state index contributed by atoms with van der Waals surface area (Å²) in [7, 11) is 0. The zero-order chi connectivity index (χ0) is 35.9. The van der Waals surface area contributed by atoms with Gasteiger partial charge in [-0.25, -0.2) is 19.3 Å². The zero-order valence-corrected chi connectivity index (χ0v) is 26.9. The average Bonchev–Trinajstić information content (AvgIpc) is 3.03. The Kier molecular flexibility index (Phi) is 15.8. The van der Waals surface area contributed by atoms with E-state index in [1.807, 2.05) is 0 Å². The van der Waals surface area contributed by atoms with Crippen molar-refractivity contribution in [2.24, 2.45) is 22.3 Å². The SMILES string of the molecule is CCC(CC)(C(=O)O)C(=O)OC(=O)C(C(=O)OC(=O)C(CC)(CC)C(=O)O)N(C(=O)OCc1ccccc1)C(=O)[C@@H](N)CCCCN. The van der Waals surface area contributed by atoms with Gasteiger partial charge in [-0.1, -0.05) is 64.4 Å². The number of hydrogen-bond acceptors (Lipinski definition) is 13. The Morgan fingerprint density at radius 2 is 1.21 bits per heavy atom. The van der Waals surface area contributed by atoms with E-state index in [0.29, 0.717) is 12.0 Å². The van der Waals surface area contributed by atoms with Gasteiger partial charge in [-0.05, 0) is 50.6 Å². The molecule has 0 radical (unpaired) electrons. The van der Waals surface area contributed by atoms with Gasteiger partial charge in [-0.3, -0.25) is 24.0 Å². The molecule has 1 rings (SSSR count). The maximum atomic E-state index is 13.6. The molecule has 6 N–H and O–H groups in total. The van der Waals surface area contributed by atoms with Crippen molar-refractivity contribution >= 4 is 47.8 Å². The standard InChI is InChI=1S/C31H43N3O13/c1-5-30(6-2,25(38)39)27(42)46-23(36)21(24(37)47-28(43)31(7-3,8-4)26(40)41)34(22(35)20(33)16-12-13-17-32)29(44)45-18-19-14-10-9-11-15-19/h9-11,14-15,20-21H,5-8,12-13,16-18,32-33H2,1-4H3,(H,38,39)(H,40,41)/t20-/m0/s1. The molecule has 1 atom stereocenters. The third-order valence-corrected chi connectivity index (χ3v) is 8.03. The highest BCUT2D eigenvalue weighted by molar-refractivity contribution is 6.14. The van der Waals surface area contributed by atoms with Crippen LogP contribution in [0.5, 0.6) is 0 Å². The van der Waals surface area contributed by atoms with Crippen LogP contribution in [0.15, 0.2) is 30.3 Å². The molecule has 0 fully saturated rings. The molecule has 16 nitrogen and oxygen atoms in total. The van der Waals surface area contributed by atoms with E-state index < -0.39 is 77.3 Å². The van der Waals surface area contributed by atoms with Gasteiger partial charge >= 0.3 is 41.9 Å². The number of rotatable bonds is 18. The quantitative estimate of drug-likeness (QED) is 0.0755. The summed E-state index contributed by atoms with van der Waals surface area (Å²) in [6.07, 6.45) is -2.50. The molecule has 0 aliphatic carbocycles. The van der Waals surface area contributed by atoms with Crippen LogP contribution in [0.2, 0.25) is 0 Å². The smallest absolute Gasteiger partial charge is 0.418 e. The minimum atomic E-state index is -2.89. The summed E-state index contributed by atoms with van der Waals surface area (Å²) >= 11 is 0. The lowest BCUT2D eigenvalue weighted by molar-refractivity contribution is -0.183. The number of amides is 2. The number of carboxylic acids is 2. The van der Waals surface area contributed by atoms with Crippen molar-refractivity contribution in [3.05, 3.63) is 35.9 Å². The van der Waals surface area contributed by atoms with Gasteiger partial charge in [-0.2, -0.15) is 0 Å². The number of esters is 4. The number of carboxylic acid groups (broad SMARTS) is 2. The molecular formula is C31H43N3O13. The van der Waals surface area contributed by atoms with Crippen LogP contribution in [0.3, 0.4) is 0 Å². The number of nitrogens with zero attached hydrogens (tertiary/aromatic N) is 1. The highest BCUT2D eigenvalue weighted by atomic mass is 16.6. The normalized spacial score (nSPS) is 12.1. The van der Waals surface area contributed by atoms with Crippen molar-refractivity contribution in [1.29, 1.82) is 0 Å². The Hall–Kier alpha value is -4.70. The van der Waals surface area contributed by atoms with Crippen LogP contribution < -0.4 is 11.5 Å². The van der Waals surface area contributed by atoms with Crippen molar-refractivity contribution in [3.8, 4) is 0 Å². The molecule has 1 aromatic carbocycles. The topological polar surface area (TPSA) is 260 Å². The lowest BCUT2D eigenvalue weighted by atomic mass is 9.82. The summed E-state index contributed by atoms with van der Waals surface area (Å²) in [5.74, 6) is -11.9. The molecule has 1 aromatic rings. The fraction of sp³-hybridized carbons (Fsp3) is 0.548. The molecule has 0 saturated carbocycles. The highest BCUT2D eigenvalue weighted by Gasteiger charge is 2.52. The monoisotopic (exact) mass is 665 g/mol. The molecule has 0 aliphatic rings. The van der Waals surface area contributed by atoms with Crippen LogP contribution >= 0.6 is 0 Å². The van der Waals surface area contributed by atoms with Gasteiger partial charge in [0.25, 0.3) is 0 Å². The third-order valence-electron chi connectivity index (χ3n) is 8.03. The molecule has 0 saturated heterocycles. The Morgan fingerprint density at radius 3 is 1.60 bits per heavy atom. The molecular weight excluding hydrogens is 622 g/mol. The number of carbonyl (C=O) groups is 8. The van der Waals surface area contributed by atoms with Crippen LogP contribution in [-0.4, -0.2) is 81.6 Å². The Labute approximate surface area is 271 Å². The highest BCUT2D eigenvalue weighted by Crippen LogP contribution is 2.31. The fourth-order valence-corrected chi connectivity index (χ4v) is 4.58. The van der Waals surface area contributed by atoms with Crippen molar-refractivity contribution in [1.82, 2.24) is 4.90 Å². The number of carbonyl (C=O) groups excluding carboxylic acids is 6. The van der Waals surface area contributed by atoms with E-state index in [1.165, 1.54) is 27.7 Å². The van der Waals surface area contributed by atoms with Crippen LogP contribution in [0.25, 0.3) is 0 Å². The lowest BCUT2D eigenvalue weighted by Crippen LogP contribution is -2.59. The van der Waals surface area contributed by atoms with E-state index in [9.17, 15) is 48.6 Å². The van der Waals surface area contributed by atoms with Crippen LogP contribution in [0.1, 0.15) is 78.2 Å². The fourth-order valence-electron chi connectivity index (χ4n) is 4.58. The van der Waals surface area contributed by atoms with Crippen molar-refractivity contribution < 1.29 is 62.8 Å². The van der Waals surface area contributed by atoms with E-state index >= 15 is 0 Å². The molecule has 0 bridgehead atoms. The molecule has 16 heteroatoms. The van der Waals surface area contributed by atoms with Crippen LogP contribution in [0, 0.1) is 10.8 Å². The van der Waals surface area contributed by atoms with Crippen molar-refractivity contribution in [3.63, 3.8) is 0 Å². The number of imide groups is 1. The Bertz CT molecular complexity index is 1250. The third kappa shape index (κ3) is 9.65.